The largest absolute Gasteiger partial charge is 0.450 e. The standard InChI is InChI=1S/C18H35N5O3/c1-5-14(4)21-16(24)8-11-20-17(19-6-2)22-15-9-12-23(13-10-15)18(25)26-7-3/h14-15H,5-13H2,1-4H3,(H,21,24)(H2,19,20,22). The zero-order valence-corrected chi connectivity index (χ0v) is 16.6. The van der Waals surface area contributed by atoms with Crippen molar-refractivity contribution in [1.82, 2.24) is 20.9 Å². The van der Waals surface area contributed by atoms with Crippen LogP contribution in [0.4, 0.5) is 4.79 Å². The topological polar surface area (TPSA) is 95.1 Å². The Kier molecular flexibility index (Phi) is 10.5. The van der Waals surface area contributed by atoms with E-state index in [-0.39, 0.29) is 24.1 Å². The van der Waals surface area contributed by atoms with Crippen LogP contribution in [0.25, 0.3) is 0 Å². The highest BCUT2D eigenvalue weighted by atomic mass is 16.6. The van der Waals surface area contributed by atoms with Gasteiger partial charge in [-0.1, -0.05) is 6.92 Å². The van der Waals surface area contributed by atoms with Crippen LogP contribution in [0.2, 0.25) is 0 Å². The molecule has 1 saturated heterocycles. The van der Waals surface area contributed by atoms with Crippen LogP contribution in [0.1, 0.15) is 53.4 Å². The fourth-order valence-electron chi connectivity index (χ4n) is 2.65. The predicted molar refractivity (Wildman–Crippen MR) is 103 cm³/mol. The summed E-state index contributed by atoms with van der Waals surface area (Å²) in [4.78, 5) is 29.8. The van der Waals surface area contributed by atoms with E-state index < -0.39 is 0 Å². The first-order chi connectivity index (χ1) is 12.5. The van der Waals surface area contributed by atoms with Gasteiger partial charge < -0.3 is 25.6 Å². The normalized spacial score (nSPS) is 16.8. The van der Waals surface area contributed by atoms with Gasteiger partial charge in [-0.2, -0.15) is 0 Å². The summed E-state index contributed by atoms with van der Waals surface area (Å²) in [5, 5.41) is 9.56. The molecule has 1 aliphatic heterocycles. The molecule has 2 amide bonds. The van der Waals surface area contributed by atoms with Gasteiger partial charge in [0.2, 0.25) is 5.91 Å². The fourth-order valence-corrected chi connectivity index (χ4v) is 2.65. The number of hydrogen-bond donors (Lipinski definition) is 3. The monoisotopic (exact) mass is 369 g/mol. The van der Waals surface area contributed by atoms with Gasteiger partial charge in [-0.05, 0) is 40.0 Å². The SMILES string of the molecule is CCNC(=NCCC(=O)NC(C)CC)NC1CCN(C(=O)OCC)CC1. The molecule has 0 radical (unpaired) electrons. The summed E-state index contributed by atoms with van der Waals surface area (Å²) in [6.07, 6.45) is 2.75. The number of aliphatic imine (C=N–C) groups is 1. The molecular weight excluding hydrogens is 334 g/mol. The summed E-state index contributed by atoms with van der Waals surface area (Å²) in [6.45, 7) is 10.8. The smallest absolute Gasteiger partial charge is 0.409 e. The third-order valence-electron chi connectivity index (χ3n) is 4.33. The number of nitrogens with zero attached hydrogens (tertiary/aromatic N) is 2. The Morgan fingerprint density at radius 2 is 1.92 bits per heavy atom. The Hall–Kier alpha value is -1.99. The summed E-state index contributed by atoms with van der Waals surface area (Å²) < 4.78 is 5.04. The van der Waals surface area contributed by atoms with Crippen molar-refractivity contribution >= 4 is 18.0 Å². The summed E-state index contributed by atoms with van der Waals surface area (Å²) in [6, 6.07) is 0.454. The molecule has 8 heteroatoms. The quantitative estimate of drug-likeness (QED) is 0.445. The lowest BCUT2D eigenvalue weighted by Gasteiger charge is -2.32. The Labute approximate surface area is 157 Å². The summed E-state index contributed by atoms with van der Waals surface area (Å²) in [7, 11) is 0. The Morgan fingerprint density at radius 1 is 1.23 bits per heavy atom. The molecule has 0 saturated carbocycles. The number of hydrogen-bond acceptors (Lipinski definition) is 4. The summed E-state index contributed by atoms with van der Waals surface area (Å²) in [5.74, 6) is 0.750. The number of amides is 2. The lowest BCUT2D eigenvalue weighted by atomic mass is 10.1. The van der Waals surface area contributed by atoms with Gasteiger partial charge in [-0.3, -0.25) is 9.79 Å². The molecular formula is C18H35N5O3. The first-order valence-corrected chi connectivity index (χ1v) is 9.75. The lowest BCUT2D eigenvalue weighted by Crippen LogP contribution is -2.50. The average Bonchev–Trinajstić information content (AvgIpc) is 2.62. The number of ether oxygens (including phenoxy) is 1. The van der Waals surface area contributed by atoms with E-state index in [9.17, 15) is 9.59 Å². The molecule has 1 unspecified atom stereocenters. The molecule has 0 aromatic carbocycles. The molecule has 1 aliphatic rings. The van der Waals surface area contributed by atoms with Crippen molar-refractivity contribution in [1.29, 1.82) is 0 Å². The molecule has 8 nitrogen and oxygen atoms in total. The molecule has 0 aliphatic carbocycles. The van der Waals surface area contributed by atoms with Gasteiger partial charge in [0.1, 0.15) is 0 Å². The Bertz CT molecular complexity index is 462. The molecule has 1 heterocycles. The van der Waals surface area contributed by atoms with Gasteiger partial charge in [0.25, 0.3) is 0 Å². The second-order valence-electron chi connectivity index (χ2n) is 6.49. The number of carbonyl (C=O) groups excluding carboxylic acids is 2. The Balaban J connectivity index is 2.40. The third-order valence-corrected chi connectivity index (χ3v) is 4.33. The number of guanidine groups is 1. The van der Waals surface area contributed by atoms with Gasteiger partial charge in [0.15, 0.2) is 5.96 Å². The molecule has 1 fully saturated rings. The molecule has 1 atom stereocenters. The molecule has 0 aromatic rings. The maximum Gasteiger partial charge on any atom is 0.409 e. The van der Waals surface area contributed by atoms with E-state index in [0.717, 1.165) is 31.8 Å². The first-order valence-electron chi connectivity index (χ1n) is 9.75. The zero-order valence-electron chi connectivity index (χ0n) is 16.6. The van der Waals surface area contributed by atoms with Crippen molar-refractivity contribution < 1.29 is 14.3 Å². The number of likely N-dealkylation sites (tertiary alicyclic amines) is 1. The molecule has 0 bridgehead atoms. The molecule has 0 aromatic heterocycles. The van der Waals surface area contributed by atoms with E-state index in [1.807, 2.05) is 27.7 Å². The fraction of sp³-hybridized carbons (Fsp3) is 0.833. The summed E-state index contributed by atoms with van der Waals surface area (Å²) >= 11 is 0. The van der Waals surface area contributed by atoms with Crippen molar-refractivity contribution in [3.05, 3.63) is 0 Å². The summed E-state index contributed by atoms with van der Waals surface area (Å²) in [5.41, 5.74) is 0. The minimum atomic E-state index is -0.237. The molecule has 1 rings (SSSR count). The van der Waals surface area contributed by atoms with Crippen molar-refractivity contribution in [2.24, 2.45) is 4.99 Å². The van der Waals surface area contributed by atoms with Crippen LogP contribution in [0.3, 0.4) is 0 Å². The van der Waals surface area contributed by atoms with Crippen molar-refractivity contribution in [2.75, 3.05) is 32.8 Å². The van der Waals surface area contributed by atoms with Gasteiger partial charge in [-0.25, -0.2) is 4.79 Å². The van der Waals surface area contributed by atoms with Crippen molar-refractivity contribution in [2.45, 2.75) is 65.5 Å². The van der Waals surface area contributed by atoms with E-state index >= 15 is 0 Å². The highest BCUT2D eigenvalue weighted by molar-refractivity contribution is 5.81. The van der Waals surface area contributed by atoms with Gasteiger partial charge in [-0.15, -0.1) is 0 Å². The van der Waals surface area contributed by atoms with Crippen LogP contribution < -0.4 is 16.0 Å². The number of rotatable bonds is 8. The number of piperidine rings is 1. The lowest BCUT2D eigenvalue weighted by molar-refractivity contribution is -0.121. The minimum absolute atomic E-state index is 0.0293. The van der Waals surface area contributed by atoms with Crippen LogP contribution in [0.15, 0.2) is 4.99 Å². The van der Waals surface area contributed by atoms with E-state index in [4.69, 9.17) is 4.74 Å². The maximum absolute atomic E-state index is 11.8. The van der Waals surface area contributed by atoms with Gasteiger partial charge in [0, 0.05) is 38.1 Å². The van der Waals surface area contributed by atoms with Crippen LogP contribution in [0.5, 0.6) is 0 Å². The first kappa shape index (κ1) is 22.1. The Morgan fingerprint density at radius 3 is 2.50 bits per heavy atom. The maximum atomic E-state index is 11.8. The van der Waals surface area contributed by atoms with Gasteiger partial charge in [0.05, 0.1) is 13.2 Å². The van der Waals surface area contributed by atoms with Crippen molar-refractivity contribution in [3.63, 3.8) is 0 Å². The predicted octanol–water partition coefficient (Wildman–Crippen LogP) is 1.47. The van der Waals surface area contributed by atoms with Crippen LogP contribution in [-0.4, -0.2) is 67.7 Å². The van der Waals surface area contributed by atoms with E-state index in [0.29, 0.717) is 32.7 Å². The molecule has 150 valence electrons. The van der Waals surface area contributed by atoms with E-state index in [1.54, 1.807) is 4.90 Å². The van der Waals surface area contributed by atoms with E-state index in [2.05, 4.69) is 20.9 Å². The van der Waals surface area contributed by atoms with E-state index in [1.165, 1.54) is 0 Å². The van der Waals surface area contributed by atoms with Crippen LogP contribution in [-0.2, 0) is 9.53 Å². The molecule has 26 heavy (non-hydrogen) atoms. The minimum Gasteiger partial charge on any atom is -0.450 e. The second kappa shape index (κ2) is 12.4. The van der Waals surface area contributed by atoms with Gasteiger partial charge >= 0.3 is 6.09 Å². The van der Waals surface area contributed by atoms with Crippen LogP contribution >= 0.6 is 0 Å². The average molecular weight is 370 g/mol. The van der Waals surface area contributed by atoms with Crippen LogP contribution in [0, 0.1) is 0 Å². The number of nitrogens with one attached hydrogen (secondary N) is 3. The number of carbonyl (C=O) groups is 2. The van der Waals surface area contributed by atoms with Crippen molar-refractivity contribution in [3.8, 4) is 0 Å². The molecule has 0 spiro atoms. The molecule has 3 N–H and O–H groups in total. The zero-order chi connectivity index (χ0) is 19.4. The highest BCUT2D eigenvalue weighted by Gasteiger charge is 2.24. The third kappa shape index (κ3) is 8.40. The second-order valence-corrected chi connectivity index (χ2v) is 6.49. The highest BCUT2D eigenvalue weighted by Crippen LogP contribution is 2.11.